The number of benzene rings is 1. The van der Waals surface area contributed by atoms with Gasteiger partial charge in [-0.2, -0.15) is 0 Å². The van der Waals surface area contributed by atoms with Gasteiger partial charge in [0.25, 0.3) is 0 Å². The summed E-state index contributed by atoms with van der Waals surface area (Å²) >= 11 is 0. The summed E-state index contributed by atoms with van der Waals surface area (Å²) in [5.74, 6) is 0.646. The van der Waals surface area contributed by atoms with Crippen LogP contribution in [0.4, 0.5) is 0 Å². The molecule has 1 aromatic carbocycles. The smallest absolute Gasteiger partial charge is 0.0676 e. The van der Waals surface area contributed by atoms with E-state index in [1.165, 1.54) is 48.5 Å². The lowest BCUT2D eigenvalue weighted by Crippen LogP contribution is -2.45. The van der Waals surface area contributed by atoms with E-state index in [1.54, 1.807) is 0 Å². The van der Waals surface area contributed by atoms with Gasteiger partial charge in [-0.3, -0.25) is 4.99 Å². The van der Waals surface area contributed by atoms with Gasteiger partial charge in [-0.25, -0.2) is 0 Å². The summed E-state index contributed by atoms with van der Waals surface area (Å²) in [6.07, 6.45) is 4.80. The lowest BCUT2D eigenvalue weighted by atomic mass is 9.83. The number of piperidine rings is 3. The molecule has 90 valence electrons. The third kappa shape index (κ3) is 1.32. The van der Waals surface area contributed by atoms with Crippen molar-refractivity contribution in [3.8, 4) is 0 Å². The molecule has 0 aliphatic carbocycles. The Morgan fingerprint density at radius 3 is 2.78 bits per heavy atom. The molecule has 18 heavy (non-hydrogen) atoms. The summed E-state index contributed by atoms with van der Waals surface area (Å²) in [6.45, 7) is 6.52. The van der Waals surface area contributed by atoms with Crippen molar-refractivity contribution < 1.29 is 0 Å². The van der Waals surface area contributed by atoms with Gasteiger partial charge in [-0.15, -0.1) is 0 Å². The fourth-order valence-electron chi connectivity index (χ4n) is 3.32. The van der Waals surface area contributed by atoms with E-state index in [1.807, 2.05) is 0 Å². The van der Waals surface area contributed by atoms with Crippen LogP contribution in [0.25, 0.3) is 11.8 Å². The molecular weight excluding hydrogens is 220 g/mol. The van der Waals surface area contributed by atoms with Gasteiger partial charge in [0.15, 0.2) is 0 Å². The molecule has 0 spiro atoms. The Labute approximate surface area is 107 Å². The van der Waals surface area contributed by atoms with Gasteiger partial charge in [0.05, 0.1) is 17.1 Å². The van der Waals surface area contributed by atoms with Crippen LogP contribution in [0.3, 0.4) is 0 Å². The summed E-state index contributed by atoms with van der Waals surface area (Å²) in [7, 11) is 0. The minimum atomic E-state index is 0.646. The zero-order chi connectivity index (χ0) is 12.1. The molecule has 3 fully saturated rings. The van der Waals surface area contributed by atoms with E-state index in [2.05, 4.69) is 41.8 Å². The standard InChI is InChI=1S/C16H16N2/c1-11-14-5-3-2-4-13(14)10-15-16(17-11)12-6-8-18(15)9-7-12/h2-5,10,12H,1,6-9H2. The van der Waals surface area contributed by atoms with Gasteiger partial charge in [0, 0.05) is 24.6 Å². The van der Waals surface area contributed by atoms with Gasteiger partial charge < -0.3 is 4.90 Å². The maximum Gasteiger partial charge on any atom is 0.0676 e. The Balaban J connectivity index is 1.94. The van der Waals surface area contributed by atoms with Gasteiger partial charge in [0.2, 0.25) is 0 Å². The van der Waals surface area contributed by atoms with Crippen molar-refractivity contribution >= 4 is 17.5 Å². The lowest BCUT2D eigenvalue weighted by molar-refractivity contribution is 0.243. The highest BCUT2D eigenvalue weighted by molar-refractivity contribution is 6.10. The summed E-state index contributed by atoms with van der Waals surface area (Å²) in [6, 6.07) is 8.43. The van der Waals surface area contributed by atoms with Crippen LogP contribution in [0.1, 0.15) is 24.0 Å². The molecule has 0 amide bonds. The van der Waals surface area contributed by atoms with Crippen LogP contribution in [0.5, 0.6) is 0 Å². The molecule has 0 atom stereocenters. The fourth-order valence-corrected chi connectivity index (χ4v) is 3.32. The Morgan fingerprint density at radius 2 is 1.94 bits per heavy atom. The van der Waals surface area contributed by atoms with E-state index in [0.717, 1.165) is 5.70 Å². The number of rotatable bonds is 0. The van der Waals surface area contributed by atoms with E-state index in [0.29, 0.717) is 5.92 Å². The van der Waals surface area contributed by atoms with Crippen molar-refractivity contribution in [2.45, 2.75) is 12.8 Å². The Kier molecular flexibility index (Phi) is 2.01. The van der Waals surface area contributed by atoms with Crippen LogP contribution in [0, 0.1) is 5.92 Å². The highest BCUT2D eigenvalue weighted by atomic mass is 15.2. The molecule has 4 heterocycles. The third-order valence-electron chi connectivity index (χ3n) is 4.30. The average molecular weight is 236 g/mol. The highest BCUT2D eigenvalue weighted by Crippen LogP contribution is 2.37. The third-order valence-corrected chi connectivity index (χ3v) is 4.30. The first-order chi connectivity index (χ1) is 8.83. The number of hydrogen-bond acceptors (Lipinski definition) is 2. The largest absolute Gasteiger partial charge is 0.370 e. The van der Waals surface area contributed by atoms with Gasteiger partial charge in [-0.05, 0) is 24.5 Å². The molecule has 4 aliphatic heterocycles. The second kappa shape index (κ2) is 3.58. The van der Waals surface area contributed by atoms with Crippen molar-refractivity contribution in [1.82, 2.24) is 4.90 Å². The molecule has 0 N–H and O–H groups in total. The second-order valence-corrected chi connectivity index (χ2v) is 5.32. The van der Waals surface area contributed by atoms with Crippen LogP contribution in [0.2, 0.25) is 0 Å². The first kappa shape index (κ1) is 10.1. The van der Waals surface area contributed by atoms with Crippen molar-refractivity contribution in [3.63, 3.8) is 0 Å². The monoisotopic (exact) mass is 236 g/mol. The molecule has 4 aliphatic rings. The Hall–Kier alpha value is -1.83. The molecule has 2 heteroatoms. The van der Waals surface area contributed by atoms with Crippen molar-refractivity contribution in [2.24, 2.45) is 10.9 Å². The Morgan fingerprint density at radius 1 is 1.17 bits per heavy atom. The number of aliphatic imine (C=N–C) groups is 1. The van der Waals surface area contributed by atoms with E-state index >= 15 is 0 Å². The summed E-state index contributed by atoms with van der Waals surface area (Å²) in [4.78, 5) is 7.31. The summed E-state index contributed by atoms with van der Waals surface area (Å²) < 4.78 is 0. The number of fused-ring (bicyclic) bond motifs is 3. The van der Waals surface area contributed by atoms with E-state index < -0.39 is 0 Å². The molecule has 0 saturated carbocycles. The predicted octanol–water partition coefficient (Wildman–Crippen LogP) is 3.18. The minimum absolute atomic E-state index is 0.646. The average Bonchev–Trinajstić information content (AvgIpc) is 2.58. The van der Waals surface area contributed by atoms with Gasteiger partial charge in [0.1, 0.15) is 0 Å². The van der Waals surface area contributed by atoms with Crippen LogP contribution >= 0.6 is 0 Å². The van der Waals surface area contributed by atoms with Crippen LogP contribution in [-0.4, -0.2) is 23.7 Å². The first-order valence-corrected chi connectivity index (χ1v) is 6.67. The number of hydrogen-bond donors (Lipinski definition) is 0. The number of allylic oxidation sites excluding steroid dienone is 1. The normalized spacial score (nSPS) is 22.0. The van der Waals surface area contributed by atoms with Gasteiger partial charge in [-0.1, -0.05) is 30.8 Å². The van der Waals surface area contributed by atoms with Gasteiger partial charge >= 0.3 is 0 Å². The zero-order valence-electron chi connectivity index (χ0n) is 10.4. The van der Waals surface area contributed by atoms with E-state index in [4.69, 9.17) is 4.99 Å². The van der Waals surface area contributed by atoms with E-state index in [-0.39, 0.29) is 0 Å². The van der Waals surface area contributed by atoms with Crippen molar-refractivity contribution in [3.05, 3.63) is 47.7 Å². The zero-order valence-corrected chi connectivity index (χ0v) is 10.4. The molecule has 5 rings (SSSR count). The Bertz CT molecular complexity index is 587. The summed E-state index contributed by atoms with van der Waals surface area (Å²) in [5, 5.41) is 0. The minimum Gasteiger partial charge on any atom is -0.370 e. The summed E-state index contributed by atoms with van der Waals surface area (Å²) in [5.41, 5.74) is 5.95. The highest BCUT2D eigenvalue weighted by Gasteiger charge is 2.35. The van der Waals surface area contributed by atoms with Crippen molar-refractivity contribution in [2.75, 3.05) is 13.1 Å². The lowest BCUT2D eigenvalue weighted by Gasteiger charge is -2.43. The predicted molar refractivity (Wildman–Crippen MR) is 75.2 cm³/mol. The second-order valence-electron chi connectivity index (χ2n) is 5.32. The molecule has 0 unspecified atom stereocenters. The van der Waals surface area contributed by atoms with Crippen LogP contribution in [0.15, 0.2) is 41.5 Å². The molecule has 2 nitrogen and oxygen atoms in total. The molecule has 2 bridgehead atoms. The van der Waals surface area contributed by atoms with Crippen LogP contribution < -0.4 is 0 Å². The molecule has 0 radical (unpaired) electrons. The van der Waals surface area contributed by atoms with Crippen LogP contribution in [-0.2, 0) is 0 Å². The maximum atomic E-state index is 4.83. The molecule has 1 aromatic rings. The SMILES string of the molecule is C=C1N=C2C(=Cc3ccccc31)N1CCC2CC1. The quantitative estimate of drug-likeness (QED) is 0.675. The fraction of sp³-hybridized carbons (Fsp3) is 0.312. The van der Waals surface area contributed by atoms with E-state index in [9.17, 15) is 0 Å². The topological polar surface area (TPSA) is 15.6 Å². The number of nitrogens with zero attached hydrogens (tertiary/aromatic N) is 2. The maximum absolute atomic E-state index is 4.83. The molecule has 0 aromatic heterocycles. The molecular formula is C16H16N2. The first-order valence-electron chi connectivity index (χ1n) is 6.67. The molecule has 3 saturated heterocycles. The van der Waals surface area contributed by atoms with Crippen molar-refractivity contribution in [1.29, 1.82) is 0 Å².